The molecule has 0 saturated carbocycles. The number of carbonyl (C=O) groups excluding carboxylic acids is 2. The molecule has 0 radical (unpaired) electrons. The van der Waals surface area contributed by atoms with Crippen molar-refractivity contribution in [3.63, 3.8) is 0 Å². The number of nitrogens with one attached hydrogen (secondary N) is 1. The third-order valence-electron chi connectivity index (χ3n) is 2.02. The highest BCUT2D eigenvalue weighted by atomic mass is 35.5. The van der Waals surface area contributed by atoms with Gasteiger partial charge in [-0.1, -0.05) is 11.6 Å². The average molecular weight is 260 g/mol. The first-order valence-electron chi connectivity index (χ1n) is 4.69. The molecular weight excluding hydrogens is 249 g/mol. The van der Waals surface area contributed by atoms with E-state index in [1.807, 2.05) is 0 Å². The Morgan fingerprint density at radius 3 is 2.38 bits per heavy atom. The maximum Gasteiger partial charge on any atom is 0.235 e. The second kappa shape index (κ2) is 5.87. The van der Waals surface area contributed by atoms with Crippen LogP contribution < -0.4 is 5.32 Å². The Morgan fingerprint density at radius 2 is 1.88 bits per heavy atom. The number of benzene rings is 1. The molecule has 0 aromatic heterocycles. The summed E-state index contributed by atoms with van der Waals surface area (Å²) in [5.74, 6) is -0.690. The molecule has 5 heteroatoms. The number of halogens is 2. The largest absolute Gasteiger partial charge is 0.345 e. The van der Waals surface area contributed by atoms with Crippen molar-refractivity contribution in [1.29, 1.82) is 0 Å². The van der Waals surface area contributed by atoms with E-state index in [1.165, 1.54) is 0 Å². The van der Waals surface area contributed by atoms with E-state index in [-0.39, 0.29) is 17.6 Å². The fourth-order valence-corrected chi connectivity index (χ4v) is 1.41. The van der Waals surface area contributed by atoms with Crippen LogP contribution in [0.4, 0.5) is 0 Å². The number of hydrogen-bond donors (Lipinski definition) is 1. The molecule has 1 unspecified atom stereocenters. The van der Waals surface area contributed by atoms with Gasteiger partial charge < -0.3 is 5.32 Å². The molecule has 0 bridgehead atoms. The van der Waals surface area contributed by atoms with Crippen LogP contribution in [0.2, 0.25) is 5.02 Å². The summed E-state index contributed by atoms with van der Waals surface area (Å²) in [6.07, 6.45) is 0. The van der Waals surface area contributed by atoms with Crippen LogP contribution in [-0.4, -0.2) is 23.6 Å². The molecule has 1 amide bonds. The van der Waals surface area contributed by atoms with Gasteiger partial charge in [0.15, 0.2) is 5.78 Å². The van der Waals surface area contributed by atoms with Crippen LogP contribution in [0.1, 0.15) is 17.3 Å². The monoisotopic (exact) mass is 259 g/mol. The molecule has 16 heavy (non-hydrogen) atoms. The maximum absolute atomic E-state index is 11.8. The molecule has 1 aromatic carbocycles. The van der Waals surface area contributed by atoms with Gasteiger partial charge in [-0.3, -0.25) is 9.59 Å². The molecule has 0 heterocycles. The van der Waals surface area contributed by atoms with Crippen molar-refractivity contribution in [2.45, 2.75) is 13.0 Å². The maximum atomic E-state index is 11.8. The first kappa shape index (κ1) is 13.0. The highest BCUT2D eigenvalue weighted by Gasteiger charge is 2.16. The van der Waals surface area contributed by atoms with Crippen molar-refractivity contribution >= 4 is 34.9 Å². The van der Waals surface area contributed by atoms with Crippen molar-refractivity contribution in [2.24, 2.45) is 0 Å². The van der Waals surface area contributed by atoms with Crippen LogP contribution in [0.3, 0.4) is 0 Å². The van der Waals surface area contributed by atoms with Gasteiger partial charge in [0, 0.05) is 10.6 Å². The molecule has 0 saturated heterocycles. The second-order valence-corrected chi connectivity index (χ2v) is 4.00. The van der Waals surface area contributed by atoms with Gasteiger partial charge in [-0.2, -0.15) is 0 Å². The minimum Gasteiger partial charge on any atom is -0.345 e. The third kappa shape index (κ3) is 3.51. The predicted octanol–water partition coefficient (Wildman–Crippen LogP) is 2.27. The lowest BCUT2D eigenvalue weighted by molar-refractivity contribution is -0.119. The van der Waals surface area contributed by atoms with Gasteiger partial charge in [0.2, 0.25) is 5.91 Å². The lowest BCUT2D eigenvalue weighted by Crippen LogP contribution is -2.39. The summed E-state index contributed by atoms with van der Waals surface area (Å²) in [6.45, 7) is 1.61. The molecule has 0 aliphatic carbocycles. The van der Waals surface area contributed by atoms with Gasteiger partial charge in [0.05, 0.1) is 6.04 Å². The standard InChI is InChI=1S/C11H11Cl2NO2/c1-7(14-10(15)6-12)11(16)8-2-4-9(13)5-3-8/h2-5,7H,6H2,1H3,(H,14,15). The van der Waals surface area contributed by atoms with E-state index in [0.717, 1.165) is 0 Å². The highest BCUT2D eigenvalue weighted by molar-refractivity contribution is 6.30. The Morgan fingerprint density at radius 1 is 1.31 bits per heavy atom. The average Bonchev–Trinajstić information content (AvgIpc) is 2.28. The van der Waals surface area contributed by atoms with Crippen LogP contribution in [0.25, 0.3) is 0 Å². The smallest absolute Gasteiger partial charge is 0.235 e. The SMILES string of the molecule is CC(NC(=O)CCl)C(=O)c1ccc(Cl)cc1. The quantitative estimate of drug-likeness (QED) is 0.666. The van der Waals surface area contributed by atoms with E-state index < -0.39 is 6.04 Å². The molecule has 0 fully saturated rings. The topological polar surface area (TPSA) is 46.2 Å². The summed E-state index contributed by atoms with van der Waals surface area (Å²) >= 11 is 11.0. The van der Waals surface area contributed by atoms with Gasteiger partial charge >= 0.3 is 0 Å². The Hall–Kier alpha value is -1.06. The lowest BCUT2D eigenvalue weighted by Gasteiger charge is -2.11. The number of ketones is 1. The first-order chi connectivity index (χ1) is 7.54. The number of carbonyl (C=O) groups is 2. The van der Waals surface area contributed by atoms with Crippen LogP contribution >= 0.6 is 23.2 Å². The molecule has 1 rings (SSSR count). The number of Topliss-reactive ketones (excluding diaryl/α,β-unsaturated/α-hetero) is 1. The van der Waals surface area contributed by atoms with E-state index in [1.54, 1.807) is 31.2 Å². The van der Waals surface area contributed by atoms with Crippen LogP contribution in [0.15, 0.2) is 24.3 Å². The summed E-state index contributed by atoms with van der Waals surface area (Å²) in [6, 6.07) is 5.91. The van der Waals surface area contributed by atoms with Crippen LogP contribution in [0, 0.1) is 0 Å². The highest BCUT2D eigenvalue weighted by Crippen LogP contribution is 2.11. The second-order valence-electron chi connectivity index (χ2n) is 3.29. The van der Waals surface area contributed by atoms with Crippen molar-refractivity contribution < 1.29 is 9.59 Å². The van der Waals surface area contributed by atoms with Crippen molar-refractivity contribution in [2.75, 3.05) is 5.88 Å². The number of alkyl halides is 1. The minimum atomic E-state index is -0.590. The van der Waals surface area contributed by atoms with Crippen LogP contribution in [-0.2, 0) is 4.79 Å². The molecule has 0 aliphatic heterocycles. The van der Waals surface area contributed by atoms with E-state index in [9.17, 15) is 9.59 Å². The summed E-state index contributed by atoms with van der Waals surface area (Å²) in [5.41, 5.74) is 0.506. The molecule has 1 N–H and O–H groups in total. The Labute approximate surface area is 104 Å². The number of hydrogen-bond acceptors (Lipinski definition) is 2. The molecule has 0 aliphatic rings. The van der Waals surface area contributed by atoms with E-state index >= 15 is 0 Å². The zero-order chi connectivity index (χ0) is 12.1. The fraction of sp³-hybridized carbons (Fsp3) is 0.273. The molecule has 0 spiro atoms. The lowest BCUT2D eigenvalue weighted by atomic mass is 10.1. The van der Waals surface area contributed by atoms with Crippen molar-refractivity contribution in [3.8, 4) is 0 Å². The first-order valence-corrected chi connectivity index (χ1v) is 5.61. The molecule has 1 atom stereocenters. The molecular formula is C11H11Cl2NO2. The van der Waals surface area contributed by atoms with E-state index in [0.29, 0.717) is 10.6 Å². The van der Waals surface area contributed by atoms with E-state index in [4.69, 9.17) is 23.2 Å². The van der Waals surface area contributed by atoms with Crippen molar-refractivity contribution in [1.82, 2.24) is 5.32 Å². The third-order valence-corrected chi connectivity index (χ3v) is 2.52. The summed E-state index contributed by atoms with van der Waals surface area (Å²) in [5, 5.41) is 3.05. The Bertz CT molecular complexity index is 389. The number of rotatable bonds is 4. The fourth-order valence-electron chi connectivity index (χ4n) is 1.21. The zero-order valence-corrected chi connectivity index (χ0v) is 10.2. The summed E-state index contributed by atoms with van der Waals surface area (Å²) in [4.78, 5) is 22.8. The Kier molecular flexibility index (Phi) is 4.77. The van der Waals surface area contributed by atoms with Crippen LogP contribution in [0.5, 0.6) is 0 Å². The van der Waals surface area contributed by atoms with Gasteiger partial charge in [0.25, 0.3) is 0 Å². The van der Waals surface area contributed by atoms with Crippen molar-refractivity contribution in [3.05, 3.63) is 34.9 Å². The number of amides is 1. The summed E-state index contributed by atoms with van der Waals surface area (Å²) < 4.78 is 0. The molecule has 1 aromatic rings. The molecule has 86 valence electrons. The Balaban J connectivity index is 2.70. The van der Waals surface area contributed by atoms with Gasteiger partial charge in [-0.25, -0.2) is 0 Å². The van der Waals surface area contributed by atoms with Gasteiger partial charge in [-0.15, -0.1) is 11.6 Å². The molecule has 3 nitrogen and oxygen atoms in total. The van der Waals surface area contributed by atoms with E-state index in [2.05, 4.69) is 5.32 Å². The zero-order valence-electron chi connectivity index (χ0n) is 8.67. The normalized spacial score (nSPS) is 11.9. The predicted molar refractivity (Wildman–Crippen MR) is 64.1 cm³/mol. The van der Waals surface area contributed by atoms with Gasteiger partial charge in [-0.05, 0) is 31.2 Å². The summed E-state index contributed by atoms with van der Waals surface area (Å²) in [7, 11) is 0. The minimum absolute atomic E-state index is 0.155. The van der Waals surface area contributed by atoms with Gasteiger partial charge in [0.1, 0.15) is 5.88 Å².